The van der Waals surface area contributed by atoms with Crippen molar-refractivity contribution >= 4 is 28.5 Å². The molecule has 2 unspecified atom stereocenters. The van der Waals surface area contributed by atoms with Crippen molar-refractivity contribution in [2.24, 2.45) is 0 Å². The van der Waals surface area contributed by atoms with Gasteiger partial charge >= 0.3 is 0 Å². The van der Waals surface area contributed by atoms with Crippen LogP contribution < -0.4 is 10.6 Å². The third-order valence-electron chi connectivity index (χ3n) is 5.69. The Balaban J connectivity index is 1.19. The van der Waals surface area contributed by atoms with Crippen LogP contribution in [0.15, 0.2) is 59.0 Å². The fourth-order valence-electron chi connectivity index (χ4n) is 4.24. The lowest BCUT2D eigenvalue weighted by atomic mass is 10.1. The van der Waals surface area contributed by atoms with Gasteiger partial charge in [-0.1, -0.05) is 30.3 Å². The summed E-state index contributed by atoms with van der Waals surface area (Å²) in [5.41, 5.74) is 2.22. The smallest absolute Gasteiger partial charge is 0.291 e. The molecule has 2 atom stereocenters. The van der Waals surface area contributed by atoms with E-state index in [0.29, 0.717) is 24.2 Å². The van der Waals surface area contributed by atoms with Crippen molar-refractivity contribution in [2.75, 3.05) is 31.5 Å². The van der Waals surface area contributed by atoms with E-state index in [0.717, 1.165) is 37.0 Å². The quantitative estimate of drug-likeness (QED) is 0.511. The van der Waals surface area contributed by atoms with Gasteiger partial charge in [0.05, 0.1) is 18.6 Å². The van der Waals surface area contributed by atoms with Gasteiger partial charge in [-0.15, -0.1) is 0 Å². The Morgan fingerprint density at radius 3 is 2.48 bits per heavy atom. The van der Waals surface area contributed by atoms with Crippen molar-refractivity contribution in [1.82, 2.24) is 10.2 Å². The number of nitrogens with zero attached hydrogens (tertiary/aromatic N) is 1. The fourth-order valence-corrected chi connectivity index (χ4v) is 4.24. The zero-order valence-corrected chi connectivity index (χ0v) is 19.2. The lowest BCUT2D eigenvalue weighted by molar-refractivity contribution is -0.120. The highest BCUT2D eigenvalue weighted by Crippen LogP contribution is 2.20. The number of fused-ring (bicyclic) bond motifs is 1. The molecular weight excluding hydrogens is 418 g/mol. The van der Waals surface area contributed by atoms with Crippen LogP contribution in [0.2, 0.25) is 0 Å². The Bertz CT molecular complexity index is 1050. The van der Waals surface area contributed by atoms with Gasteiger partial charge in [-0.05, 0) is 50.1 Å². The number of rotatable bonds is 8. The Hall–Kier alpha value is -3.16. The van der Waals surface area contributed by atoms with Crippen LogP contribution in [0.3, 0.4) is 0 Å². The molecule has 174 valence electrons. The molecule has 2 amide bonds. The average molecular weight is 450 g/mol. The van der Waals surface area contributed by atoms with Crippen molar-refractivity contribution in [3.63, 3.8) is 0 Å². The molecule has 33 heavy (non-hydrogen) atoms. The van der Waals surface area contributed by atoms with Crippen LogP contribution in [0.5, 0.6) is 0 Å². The lowest BCUT2D eigenvalue weighted by Gasteiger charge is -2.35. The summed E-state index contributed by atoms with van der Waals surface area (Å²) in [6, 6.07) is 16.5. The molecular formula is C26H31N3O4. The van der Waals surface area contributed by atoms with Crippen LogP contribution in [0.25, 0.3) is 11.0 Å². The maximum Gasteiger partial charge on any atom is 0.291 e. The van der Waals surface area contributed by atoms with Crippen molar-refractivity contribution in [2.45, 2.75) is 38.9 Å². The van der Waals surface area contributed by atoms with Crippen LogP contribution in [0.4, 0.5) is 5.69 Å². The van der Waals surface area contributed by atoms with Gasteiger partial charge in [0.2, 0.25) is 5.91 Å². The molecule has 0 radical (unpaired) electrons. The molecule has 4 rings (SSSR count). The van der Waals surface area contributed by atoms with Gasteiger partial charge in [0.1, 0.15) is 5.58 Å². The first kappa shape index (κ1) is 23.0. The monoisotopic (exact) mass is 449 g/mol. The number of furan rings is 1. The van der Waals surface area contributed by atoms with Crippen LogP contribution >= 0.6 is 0 Å². The Labute approximate surface area is 194 Å². The largest absolute Gasteiger partial charge is 0.451 e. The van der Waals surface area contributed by atoms with Crippen LogP contribution in [0.1, 0.15) is 36.4 Å². The molecule has 7 heteroatoms. The fraction of sp³-hybridized carbons (Fsp3) is 0.385. The van der Waals surface area contributed by atoms with Crippen LogP contribution in [0, 0.1) is 0 Å². The second-order valence-corrected chi connectivity index (χ2v) is 8.70. The molecule has 1 aliphatic rings. The lowest BCUT2D eigenvalue weighted by Crippen LogP contribution is -2.46. The van der Waals surface area contributed by atoms with Gasteiger partial charge in [0, 0.05) is 37.3 Å². The topological polar surface area (TPSA) is 83.8 Å². The van der Waals surface area contributed by atoms with Crippen molar-refractivity contribution in [1.29, 1.82) is 0 Å². The van der Waals surface area contributed by atoms with E-state index in [4.69, 9.17) is 9.15 Å². The van der Waals surface area contributed by atoms with Gasteiger partial charge < -0.3 is 19.8 Å². The van der Waals surface area contributed by atoms with E-state index < -0.39 is 0 Å². The minimum Gasteiger partial charge on any atom is -0.451 e. The van der Waals surface area contributed by atoms with E-state index in [1.54, 1.807) is 18.2 Å². The molecule has 3 aromatic rings. The number of benzene rings is 2. The number of hydrogen-bond acceptors (Lipinski definition) is 5. The van der Waals surface area contributed by atoms with Gasteiger partial charge in [-0.2, -0.15) is 0 Å². The zero-order chi connectivity index (χ0) is 23.2. The Morgan fingerprint density at radius 1 is 1.03 bits per heavy atom. The van der Waals surface area contributed by atoms with Gasteiger partial charge in [-0.3, -0.25) is 14.5 Å². The number of hydrogen-bond donors (Lipinski definition) is 2. The predicted molar refractivity (Wildman–Crippen MR) is 128 cm³/mol. The van der Waals surface area contributed by atoms with E-state index in [2.05, 4.69) is 29.4 Å². The summed E-state index contributed by atoms with van der Waals surface area (Å²) in [6.07, 6.45) is 1.74. The van der Waals surface area contributed by atoms with Crippen LogP contribution in [-0.4, -0.2) is 55.1 Å². The number of ether oxygens (including phenoxy) is 1. The highest BCUT2D eigenvalue weighted by molar-refractivity contribution is 6.04. The summed E-state index contributed by atoms with van der Waals surface area (Å²) in [5, 5.41) is 6.71. The highest BCUT2D eigenvalue weighted by Gasteiger charge is 2.21. The molecule has 1 fully saturated rings. The first-order valence-corrected chi connectivity index (χ1v) is 11.5. The van der Waals surface area contributed by atoms with E-state index in [1.165, 1.54) is 0 Å². The predicted octanol–water partition coefficient (Wildman–Crippen LogP) is 3.84. The molecule has 2 heterocycles. The summed E-state index contributed by atoms with van der Waals surface area (Å²) in [4.78, 5) is 27.1. The number of morpholine rings is 1. The minimum absolute atomic E-state index is 0.00206. The van der Waals surface area contributed by atoms with E-state index in [1.807, 2.05) is 36.4 Å². The summed E-state index contributed by atoms with van der Waals surface area (Å²) in [5.74, 6) is -0.0424. The second-order valence-electron chi connectivity index (χ2n) is 8.70. The number of nitrogens with one attached hydrogen (secondary N) is 2. The molecule has 0 aliphatic carbocycles. The average Bonchev–Trinajstić information content (AvgIpc) is 3.22. The summed E-state index contributed by atoms with van der Waals surface area (Å²) in [6.45, 7) is 7.69. The molecule has 2 aromatic carbocycles. The summed E-state index contributed by atoms with van der Waals surface area (Å²) < 4.78 is 11.4. The number of carbonyl (C=O) groups is 2. The Kier molecular flexibility index (Phi) is 7.42. The maximum atomic E-state index is 12.5. The van der Waals surface area contributed by atoms with Crippen molar-refractivity contribution < 1.29 is 18.7 Å². The Morgan fingerprint density at radius 2 is 1.76 bits per heavy atom. The standard InChI is InChI=1S/C26H31N3O4/c1-18-16-29(17-19(2)32-18)13-5-12-27-25(30)14-20-8-10-22(11-9-20)28-26(31)24-15-21-6-3-4-7-23(21)33-24/h3-4,6-11,15,18-19H,5,12-14,16-17H2,1-2H3,(H,27,30)(H,28,31). The summed E-state index contributed by atoms with van der Waals surface area (Å²) >= 11 is 0. The third kappa shape index (κ3) is 6.43. The third-order valence-corrected chi connectivity index (χ3v) is 5.69. The van der Waals surface area contributed by atoms with E-state index in [-0.39, 0.29) is 29.8 Å². The van der Waals surface area contributed by atoms with Gasteiger partial charge in [0.15, 0.2) is 5.76 Å². The number of para-hydroxylation sites is 1. The molecule has 0 bridgehead atoms. The van der Waals surface area contributed by atoms with Gasteiger partial charge in [0.25, 0.3) is 5.91 Å². The molecule has 0 spiro atoms. The number of carbonyl (C=O) groups excluding carboxylic acids is 2. The first-order valence-electron chi connectivity index (χ1n) is 11.5. The van der Waals surface area contributed by atoms with Crippen molar-refractivity contribution in [3.8, 4) is 0 Å². The number of anilines is 1. The highest BCUT2D eigenvalue weighted by atomic mass is 16.5. The normalized spacial score (nSPS) is 18.8. The first-order chi connectivity index (χ1) is 16.0. The summed E-state index contributed by atoms with van der Waals surface area (Å²) in [7, 11) is 0. The van der Waals surface area contributed by atoms with Gasteiger partial charge in [-0.25, -0.2) is 0 Å². The van der Waals surface area contributed by atoms with E-state index >= 15 is 0 Å². The molecule has 1 aromatic heterocycles. The molecule has 1 saturated heterocycles. The zero-order valence-electron chi connectivity index (χ0n) is 19.2. The number of amides is 2. The molecule has 1 aliphatic heterocycles. The maximum absolute atomic E-state index is 12.5. The van der Waals surface area contributed by atoms with Crippen LogP contribution in [-0.2, 0) is 16.0 Å². The molecule has 0 saturated carbocycles. The van der Waals surface area contributed by atoms with Crippen molar-refractivity contribution in [3.05, 3.63) is 65.9 Å². The second kappa shape index (κ2) is 10.6. The van der Waals surface area contributed by atoms with E-state index in [9.17, 15) is 9.59 Å². The SMILES string of the molecule is CC1CN(CCCNC(=O)Cc2ccc(NC(=O)c3cc4ccccc4o3)cc2)CC(C)O1. The molecule has 7 nitrogen and oxygen atoms in total. The molecule has 2 N–H and O–H groups in total. The minimum atomic E-state index is -0.305.